The zero-order chi connectivity index (χ0) is 11.5. The summed E-state index contributed by atoms with van der Waals surface area (Å²) in [5.41, 5.74) is 0.578. The standard InChI is InChI=1S/C11H14ClN3O/c1-14-2-4-15(5-3-14)11-7-9(8-16)6-10(12)13-11/h6-8H,2-5H2,1H3. The van der Waals surface area contributed by atoms with Crippen LogP contribution in [0.3, 0.4) is 0 Å². The third kappa shape index (κ3) is 2.51. The minimum absolute atomic E-state index is 0.374. The fourth-order valence-electron chi connectivity index (χ4n) is 1.77. The topological polar surface area (TPSA) is 36.4 Å². The molecule has 0 saturated carbocycles. The fraction of sp³-hybridized carbons (Fsp3) is 0.455. The van der Waals surface area contributed by atoms with Crippen LogP contribution in [0.1, 0.15) is 10.4 Å². The molecule has 0 N–H and O–H groups in total. The fourth-order valence-corrected chi connectivity index (χ4v) is 1.98. The lowest BCUT2D eigenvalue weighted by atomic mass is 10.2. The van der Waals surface area contributed by atoms with Crippen LogP contribution in [-0.4, -0.2) is 49.4 Å². The second-order valence-corrected chi connectivity index (χ2v) is 4.38. The highest BCUT2D eigenvalue weighted by Crippen LogP contribution is 2.18. The van der Waals surface area contributed by atoms with Gasteiger partial charge in [0.1, 0.15) is 17.3 Å². The number of aromatic nitrogens is 1. The number of hydrogen-bond acceptors (Lipinski definition) is 4. The quantitative estimate of drug-likeness (QED) is 0.576. The highest BCUT2D eigenvalue weighted by molar-refractivity contribution is 6.29. The van der Waals surface area contributed by atoms with E-state index in [4.69, 9.17) is 11.6 Å². The van der Waals surface area contributed by atoms with E-state index in [-0.39, 0.29) is 0 Å². The maximum absolute atomic E-state index is 10.7. The Morgan fingerprint density at radius 1 is 1.31 bits per heavy atom. The molecule has 0 amide bonds. The Bertz CT molecular complexity index is 389. The molecule has 16 heavy (non-hydrogen) atoms. The lowest BCUT2D eigenvalue weighted by molar-refractivity contribution is 0.112. The van der Waals surface area contributed by atoms with Crippen LogP contribution in [0.5, 0.6) is 0 Å². The minimum atomic E-state index is 0.374. The zero-order valence-electron chi connectivity index (χ0n) is 9.19. The predicted molar refractivity (Wildman–Crippen MR) is 64.3 cm³/mol. The molecule has 0 atom stereocenters. The molecule has 5 heteroatoms. The molecular formula is C11H14ClN3O. The second-order valence-electron chi connectivity index (χ2n) is 3.99. The van der Waals surface area contributed by atoms with Crippen molar-refractivity contribution in [2.45, 2.75) is 0 Å². The van der Waals surface area contributed by atoms with E-state index in [9.17, 15) is 4.79 Å². The molecule has 0 bridgehead atoms. The lowest BCUT2D eigenvalue weighted by Crippen LogP contribution is -2.44. The number of carbonyl (C=O) groups excluding carboxylic acids is 1. The Balaban J connectivity index is 2.19. The van der Waals surface area contributed by atoms with E-state index < -0.39 is 0 Å². The summed E-state index contributed by atoms with van der Waals surface area (Å²) in [6.45, 7) is 3.85. The van der Waals surface area contributed by atoms with E-state index in [0.717, 1.165) is 38.3 Å². The number of piperazine rings is 1. The molecule has 0 aliphatic carbocycles. The lowest BCUT2D eigenvalue weighted by Gasteiger charge is -2.33. The smallest absolute Gasteiger partial charge is 0.150 e. The van der Waals surface area contributed by atoms with Crippen molar-refractivity contribution in [1.82, 2.24) is 9.88 Å². The van der Waals surface area contributed by atoms with Gasteiger partial charge in [0.05, 0.1) is 0 Å². The molecule has 1 aromatic heterocycles. The molecule has 1 saturated heterocycles. The molecule has 0 unspecified atom stereocenters. The number of pyridine rings is 1. The van der Waals surface area contributed by atoms with Gasteiger partial charge < -0.3 is 9.80 Å². The summed E-state index contributed by atoms with van der Waals surface area (Å²) in [5.74, 6) is 0.794. The Hall–Kier alpha value is -1.13. The van der Waals surface area contributed by atoms with Crippen LogP contribution >= 0.6 is 11.6 Å². The first kappa shape index (κ1) is 11.4. The molecule has 1 aromatic rings. The summed E-state index contributed by atoms with van der Waals surface area (Å²) in [6.07, 6.45) is 0.799. The maximum Gasteiger partial charge on any atom is 0.150 e. The molecule has 0 spiro atoms. The van der Waals surface area contributed by atoms with Crippen molar-refractivity contribution in [2.75, 3.05) is 38.1 Å². The van der Waals surface area contributed by atoms with Gasteiger partial charge >= 0.3 is 0 Å². The van der Waals surface area contributed by atoms with Crippen LogP contribution in [0.15, 0.2) is 12.1 Å². The zero-order valence-corrected chi connectivity index (χ0v) is 9.94. The molecular weight excluding hydrogens is 226 g/mol. The van der Waals surface area contributed by atoms with Crippen molar-refractivity contribution < 1.29 is 4.79 Å². The van der Waals surface area contributed by atoms with Gasteiger partial charge in [-0.15, -0.1) is 0 Å². The first-order chi connectivity index (χ1) is 7.69. The number of carbonyl (C=O) groups is 1. The highest BCUT2D eigenvalue weighted by atomic mass is 35.5. The van der Waals surface area contributed by atoms with Crippen LogP contribution in [-0.2, 0) is 0 Å². The molecule has 86 valence electrons. The number of aldehydes is 1. The average molecular weight is 240 g/mol. The number of likely N-dealkylation sites (N-methyl/N-ethyl adjacent to an activating group) is 1. The first-order valence-corrected chi connectivity index (χ1v) is 5.63. The van der Waals surface area contributed by atoms with Crippen molar-refractivity contribution in [2.24, 2.45) is 0 Å². The van der Waals surface area contributed by atoms with Gasteiger partial charge in [0.25, 0.3) is 0 Å². The molecule has 2 rings (SSSR count). The minimum Gasteiger partial charge on any atom is -0.354 e. The summed E-state index contributed by atoms with van der Waals surface area (Å²) >= 11 is 5.87. The SMILES string of the molecule is CN1CCN(c2cc(C=O)cc(Cl)n2)CC1. The molecule has 1 fully saturated rings. The van der Waals surface area contributed by atoms with Crippen molar-refractivity contribution in [3.63, 3.8) is 0 Å². The maximum atomic E-state index is 10.7. The molecule has 4 nitrogen and oxygen atoms in total. The van der Waals surface area contributed by atoms with E-state index in [2.05, 4.69) is 21.8 Å². The third-order valence-corrected chi connectivity index (χ3v) is 2.96. The van der Waals surface area contributed by atoms with Crippen molar-refractivity contribution in [1.29, 1.82) is 0 Å². The molecule has 1 aliphatic rings. The number of rotatable bonds is 2. The number of nitrogens with zero attached hydrogens (tertiary/aromatic N) is 3. The van der Waals surface area contributed by atoms with Crippen LogP contribution < -0.4 is 4.90 Å². The molecule has 0 radical (unpaired) electrons. The van der Waals surface area contributed by atoms with Crippen LogP contribution in [0, 0.1) is 0 Å². The normalized spacial score (nSPS) is 17.5. The number of anilines is 1. The van der Waals surface area contributed by atoms with Crippen molar-refractivity contribution in [3.05, 3.63) is 22.8 Å². The average Bonchev–Trinajstić information content (AvgIpc) is 2.29. The van der Waals surface area contributed by atoms with E-state index in [1.807, 2.05) is 0 Å². The van der Waals surface area contributed by atoms with Crippen LogP contribution in [0.4, 0.5) is 5.82 Å². The predicted octanol–water partition coefficient (Wildman–Crippen LogP) is 1.30. The number of halogens is 1. The van der Waals surface area contributed by atoms with Gasteiger partial charge in [-0.3, -0.25) is 4.79 Å². The monoisotopic (exact) mass is 239 g/mol. The Morgan fingerprint density at radius 3 is 2.62 bits per heavy atom. The number of hydrogen-bond donors (Lipinski definition) is 0. The van der Waals surface area contributed by atoms with Crippen LogP contribution in [0.25, 0.3) is 0 Å². The van der Waals surface area contributed by atoms with Gasteiger partial charge in [-0.2, -0.15) is 0 Å². The summed E-state index contributed by atoms with van der Waals surface area (Å²) in [6, 6.07) is 3.36. The van der Waals surface area contributed by atoms with Gasteiger partial charge in [-0.25, -0.2) is 4.98 Å². The van der Waals surface area contributed by atoms with Crippen molar-refractivity contribution >= 4 is 23.7 Å². The molecule has 2 heterocycles. The molecule has 1 aliphatic heterocycles. The summed E-state index contributed by atoms with van der Waals surface area (Å²) < 4.78 is 0. The highest BCUT2D eigenvalue weighted by Gasteiger charge is 2.16. The van der Waals surface area contributed by atoms with Gasteiger partial charge in [0.2, 0.25) is 0 Å². The third-order valence-electron chi connectivity index (χ3n) is 2.77. The van der Waals surface area contributed by atoms with Gasteiger partial charge in [0.15, 0.2) is 0 Å². The summed E-state index contributed by atoms with van der Waals surface area (Å²) in [7, 11) is 2.10. The molecule has 0 aromatic carbocycles. The van der Waals surface area contributed by atoms with E-state index >= 15 is 0 Å². The summed E-state index contributed by atoms with van der Waals surface area (Å²) in [4.78, 5) is 19.4. The van der Waals surface area contributed by atoms with Crippen molar-refractivity contribution in [3.8, 4) is 0 Å². The summed E-state index contributed by atoms with van der Waals surface area (Å²) in [5, 5.41) is 0.374. The first-order valence-electron chi connectivity index (χ1n) is 5.25. The van der Waals surface area contributed by atoms with Gasteiger partial charge in [0, 0.05) is 31.7 Å². The van der Waals surface area contributed by atoms with E-state index in [1.165, 1.54) is 0 Å². The van der Waals surface area contributed by atoms with Gasteiger partial charge in [-0.1, -0.05) is 11.6 Å². The Kier molecular flexibility index (Phi) is 3.41. The Morgan fingerprint density at radius 2 is 2.00 bits per heavy atom. The van der Waals surface area contributed by atoms with E-state index in [0.29, 0.717) is 10.7 Å². The largest absolute Gasteiger partial charge is 0.354 e. The van der Waals surface area contributed by atoms with Crippen LogP contribution in [0.2, 0.25) is 5.15 Å². The Labute approximate surface area is 99.8 Å². The van der Waals surface area contributed by atoms with E-state index in [1.54, 1.807) is 12.1 Å². The second kappa shape index (κ2) is 4.80. The van der Waals surface area contributed by atoms with Gasteiger partial charge in [-0.05, 0) is 19.2 Å².